The number of hydrogen-bond donors (Lipinski definition) is 2. The quantitative estimate of drug-likeness (QED) is 0.635. The highest BCUT2D eigenvalue weighted by Crippen LogP contribution is 2.33. The Morgan fingerprint density at radius 3 is 2.52 bits per heavy atom. The number of nitro benzene ring substituents is 1. The molecule has 0 heterocycles. The Labute approximate surface area is 132 Å². The Morgan fingerprint density at radius 2 is 1.96 bits per heavy atom. The van der Waals surface area contributed by atoms with Crippen LogP contribution in [0.15, 0.2) is 18.2 Å². The molecular formula is C15H18N2O6. The summed E-state index contributed by atoms with van der Waals surface area (Å²) in [7, 11) is 1.39. The summed E-state index contributed by atoms with van der Waals surface area (Å²) in [5.41, 5.74) is -0.254. The van der Waals surface area contributed by atoms with E-state index in [9.17, 15) is 24.8 Å². The molecule has 1 amide bonds. The van der Waals surface area contributed by atoms with Crippen molar-refractivity contribution in [3.63, 3.8) is 0 Å². The SMILES string of the molecule is COc1ccc(NC(=O)[C@H]2CCCC[C@H]2C(=O)O)c([N+](=O)[O-])c1. The fourth-order valence-electron chi connectivity index (χ4n) is 2.86. The molecule has 0 aliphatic heterocycles. The Bertz CT molecular complexity index is 630. The van der Waals surface area contributed by atoms with E-state index < -0.39 is 28.6 Å². The van der Waals surface area contributed by atoms with Crippen molar-refractivity contribution in [2.75, 3.05) is 12.4 Å². The largest absolute Gasteiger partial charge is 0.496 e. The zero-order valence-electron chi connectivity index (χ0n) is 12.7. The van der Waals surface area contributed by atoms with Crippen LogP contribution < -0.4 is 10.1 Å². The van der Waals surface area contributed by atoms with Gasteiger partial charge < -0.3 is 15.2 Å². The van der Waals surface area contributed by atoms with E-state index in [-0.39, 0.29) is 11.4 Å². The number of rotatable bonds is 5. The first kappa shape index (κ1) is 16.7. The van der Waals surface area contributed by atoms with Gasteiger partial charge in [-0.15, -0.1) is 0 Å². The Balaban J connectivity index is 2.22. The standard InChI is InChI=1S/C15H18N2O6/c1-23-9-6-7-12(13(8-9)17(21)22)16-14(18)10-4-2-3-5-11(10)15(19)20/h6-8,10-11H,2-5H2,1H3,(H,16,18)(H,19,20)/t10-,11+/m0/s1. The van der Waals surface area contributed by atoms with Crippen molar-refractivity contribution in [1.82, 2.24) is 0 Å². The first-order valence-corrected chi connectivity index (χ1v) is 7.30. The number of nitro groups is 1. The van der Waals surface area contributed by atoms with Crippen molar-refractivity contribution >= 4 is 23.3 Å². The molecule has 8 heteroatoms. The number of ether oxygens (including phenoxy) is 1. The molecule has 0 aromatic heterocycles. The van der Waals surface area contributed by atoms with E-state index in [1.54, 1.807) is 0 Å². The van der Waals surface area contributed by atoms with Gasteiger partial charge in [0.2, 0.25) is 5.91 Å². The van der Waals surface area contributed by atoms with E-state index in [0.29, 0.717) is 18.6 Å². The van der Waals surface area contributed by atoms with Gasteiger partial charge in [-0.3, -0.25) is 19.7 Å². The number of anilines is 1. The number of carbonyl (C=O) groups excluding carboxylic acids is 1. The van der Waals surface area contributed by atoms with Crippen LogP contribution in [0.25, 0.3) is 0 Å². The van der Waals surface area contributed by atoms with E-state index >= 15 is 0 Å². The van der Waals surface area contributed by atoms with Crippen LogP contribution in [0, 0.1) is 22.0 Å². The van der Waals surface area contributed by atoms with Crippen LogP contribution in [0.5, 0.6) is 5.75 Å². The van der Waals surface area contributed by atoms with Crippen LogP contribution in [-0.4, -0.2) is 29.0 Å². The first-order valence-electron chi connectivity index (χ1n) is 7.30. The van der Waals surface area contributed by atoms with Gasteiger partial charge in [-0.05, 0) is 25.0 Å². The summed E-state index contributed by atoms with van der Waals surface area (Å²) in [6.45, 7) is 0. The van der Waals surface area contributed by atoms with Gasteiger partial charge in [0, 0.05) is 0 Å². The smallest absolute Gasteiger partial charge is 0.307 e. The van der Waals surface area contributed by atoms with Gasteiger partial charge in [0.1, 0.15) is 11.4 Å². The molecule has 0 unspecified atom stereocenters. The van der Waals surface area contributed by atoms with Gasteiger partial charge >= 0.3 is 5.97 Å². The second kappa shape index (κ2) is 7.08. The summed E-state index contributed by atoms with van der Waals surface area (Å²) < 4.78 is 4.93. The normalized spacial score (nSPS) is 20.6. The summed E-state index contributed by atoms with van der Waals surface area (Å²) in [6, 6.07) is 4.09. The molecule has 0 bridgehead atoms. The van der Waals surface area contributed by atoms with Crippen LogP contribution >= 0.6 is 0 Å². The van der Waals surface area contributed by atoms with E-state index in [1.807, 2.05) is 0 Å². The lowest BCUT2D eigenvalue weighted by Gasteiger charge is -2.27. The molecule has 2 N–H and O–H groups in total. The zero-order valence-corrected chi connectivity index (χ0v) is 12.7. The van der Waals surface area contributed by atoms with Crippen molar-refractivity contribution in [1.29, 1.82) is 0 Å². The van der Waals surface area contributed by atoms with Gasteiger partial charge in [-0.2, -0.15) is 0 Å². The number of nitrogens with zero attached hydrogens (tertiary/aromatic N) is 1. The maximum Gasteiger partial charge on any atom is 0.307 e. The summed E-state index contributed by atoms with van der Waals surface area (Å²) in [5, 5.41) is 22.9. The third kappa shape index (κ3) is 3.77. The molecule has 8 nitrogen and oxygen atoms in total. The number of carbonyl (C=O) groups is 2. The van der Waals surface area contributed by atoms with Gasteiger partial charge in [-0.1, -0.05) is 12.8 Å². The average Bonchev–Trinajstić information content (AvgIpc) is 2.54. The van der Waals surface area contributed by atoms with Crippen molar-refractivity contribution < 1.29 is 24.4 Å². The lowest BCUT2D eigenvalue weighted by atomic mass is 9.78. The predicted molar refractivity (Wildman–Crippen MR) is 81.4 cm³/mol. The molecule has 1 aromatic carbocycles. The van der Waals surface area contributed by atoms with Crippen molar-refractivity contribution in [2.45, 2.75) is 25.7 Å². The molecule has 23 heavy (non-hydrogen) atoms. The highest BCUT2D eigenvalue weighted by Gasteiger charge is 2.36. The minimum Gasteiger partial charge on any atom is -0.496 e. The summed E-state index contributed by atoms with van der Waals surface area (Å²) in [6.07, 6.45) is 2.45. The third-order valence-electron chi connectivity index (χ3n) is 4.08. The Hall–Kier alpha value is -2.64. The molecule has 1 aliphatic rings. The molecule has 1 saturated carbocycles. The van der Waals surface area contributed by atoms with Crippen LogP contribution in [0.2, 0.25) is 0 Å². The van der Waals surface area contributed by atoms with Crippen LogP contribution in [0.3, 0.4) is 0 Å². The number of methoxy groups -OCH3 is 1. The summed E-state index contributed by atoms with van der Waals surface area (Å²) in [4.78, 5) is 34.2. The Morgan fingerprint density at radius 1 is 1.30 bits per heavy atom. The lowest BCUT2D eigenvalue weighted by Crippen LogP contribution is -2.36. The van der Waals surface area contributed by atoms with E-state index in [4.69, 9.17) is 4.74 Å². The second-order valence-electron chi connectivity index (χ2n) is 5.47. The summed E-state index contributed by atoms with van der Waals surface area (Å²) in [5.74, 6) is -2.63. The molecule has 2 atom stereocenters. The van der Waals surface area contributed by atoms with Crippen LogP contribution in [0.1, 0.15) is 25.7 Å². The molecular weight excluding hydrogens is 304 g/mol. The van der Waals surface area contributed by atoms with E-state index in [1.165, 1.54) is 25.3 Å². The number of nitrogens with one attached hydrogen (secondary N) is 1. The zero-order chi connectivity index (χ0) is 17.0. The number of hydrogen-bond acceptors (Lipinski definition) is 5. The van der Waals surface area contributed by atoms with Gasteiger partial charge in [0.15, 0.2) is 0 Å². The highest BCUT2D eigenvalue weighted by molar-refractivity contribution is 5.97. The number of aliphatic carboxylic acids is 1. The van der Waals surface area contributed by atoms with Crippen molar-refractivity contribution in [2.24, 2.45) is 11.8 Å². The summed E-state index contributed by atoms with van der Waals surface area (Å²) >= 11 is 0. The molecule has 124 valence electrons. The van der Waals surface area contributed by atoms with Gasteiger partial charge in [-0.25, -0.2) is 0 Å². The lowest BCUT2D eigenvalue weighted by molar-refractivity contribution is -0.384. The molecule has 2 rings (SSSR count). The van der Waals surface area contributed by atoms with Crippen molar-refractivity contribution in [3.05, 3.63) is 28.3 Å². The molecule has 0 radical (unpaired) electrons. The molecule has 1 fully saturated rings. The van der Waals surface area contributed by atoms with Crippen LogP contribution in [-0.2, 0) is 9.59 Å². The van der Waals surface area contributed by atoms with Crippen LogP contribution in [0.4, 0.5) is 11.4 Å². The fraction of sp³-hybridized carbons (Fsp3) is 0.467. The van der Waals surface area contributed by atoms with Gasteiger partial charge in [0.25, 0.3) is 5.69 Å². The predicted octanol–water partition coefficient (Wildman–Crippen LogP) is 2.43. The monoisotopic (exact) mass is 322 g/mol. The molecule has 0 spiro atoms. The number of carboxylic acids is 1. The minimum atomic E-state index is -1.01. The topological polar surface area (TPSA) is 119 Å². The maximum absolute atomic E-state index is 12.4. The highest BCUT2D eigenvalue weighted by atomic mass is 16.6. The molecule has 1 aromatic rings. The van der Waals surface area contributed by atoms with Gasteiger partial charge in [0.05, 0.1) is 29.9 Å². The number of benzene rings is 1. The third-order valence-corrected chi connectivity index (χ3v) is 4.08. The first-order chi connectivity index (χ1) is 10.9. The molecule has 0 saturated heterocycles. The number of carboxylic acid groups (broad SMARTS) is 1. The fourth-order valence-corrected chi connectivity index (χ4v) is 2.86. The second-order valence-corrected chi connectivity index (χ2v) is 5.47. The Kier molecular flexibility index (Phi) is 5.15. The minimum absolute atomic E-state index is 0.0375. The van der Waals surface area contributed by atoms with Crippen molar-refractivity contribution in [3.8, 4) is 5.75 Å². The molecule has 1 aliphatic carbocycles. The van der Waals surface area contributed by atoms with E-state index in [0.717, 1.165) is 12.8 Å². The van der Waals surface area contributed by atoms with E-state index in [2.05, 4.69) is 5.32 Å². The number of amides is 1. The maximum atomic E-state index is 12.4. The average molecular weight is 322 g/mol.